The van der Waals surface area contributed by atoms with Crippen LogP contribution in [0.25, 0.3) is 11.3 Å². The molecule has 0 aliphatic rings. The molecule has 2 aromatic heterocycles. The van der Waals surface area contributed by atoms with Crippen molar-refractivity contribution >= 4 is 33.6 Å². The van der Waals surface area contributed by atoms with Crippen LogP contribution in [0.5, 0.6) is 0 Å². The number of halogens is 1. The minimum Gasteiger partial charge on any atom is -0.444 e. The van der Waals surface area contributed by atoms with E-state index in [4.69, 9.17) is 8.94 Å². The van der Waals surface area contributed by atoms with E-state index in [1.165, 1.54) is 11.6 Å². The van der Waals surface area contributed by atoms with E-state index in [2.05, 4.69) is 38.6 Å². The van der Waals surface area contributed by atoms with Crippen molar-refractivity contribution in [3.63, 3.8) is 0 Å². The van der Waals surface area contributed by atoms with Crippen molar-refractivity contribution < 1.29 is 18.5 Å². The van der Waals surface area contributed by atoms with Gasteiger partial charge in [-0.25, -0.2) is 0 Å². The monoisotopic (exact) mass is 417 g/mol. The third kappa shape index (κ3) is 4.40. The molecule has 0 unspecified atom stereocenters. The molecule has 0 spiro atoms. The molecule has 3 aromatic rings. The summed E-state index contributed by atoms with van der Waals surface area (Å²) in [6, 6.07) is 12.7. The number of furan rings is 1. The Kier molecular flexibility index (Phi) is 5.52. The largest absolute Gasteiger partial charge is 0.444 e. The van der Waals surface area contributed by atoms with Gasteiger partial charge in [-0.2, -0.15) is 0 Å². The number of carbonyl (C=O) groups is 2. The SMILES string of the molecule is CCc1ccc(-c2cc(NC(=O)CNC(=O)c3ccc(Br)o3)on2)cc1. The molecule has 0 bridgehead atoms. The predicted octanol–water partition coefficient (Wildman–Crippen LogP) is 3.63. The van der Waals surface area contributed by atoms with Crippen LogP contribution in [-0.2, 0) is 11.2 Å². The summed E-state index contributed by atoms with van der Waals surface area (Å²) in [6.45, 7) is 1.86. The highest BCUT2D eigenvalue weighted by Gasteiger charge is 2.13. The number of aromatic nitrogens is 1. The molecule has 7 nitrogen and oxygen atoms in total. The molecule has 0 saturated carbocycles. The Morgan fingerprint density at radius 2 is 1.92 bits per heavy atom. The first kappa shape index (κ1) is 17.9. The third-order valence-corrected chi connectivity index (χ3v) is 4.06. The van der Waals surface area contributed by atoms with Crippen molar-refractivity contribution in [2.24, 2.45) is 0 Å². The maximum Gasteiger partial charge on any atom is 0.287 e. The average Bonchev–Trinajstić information content (AvgIpc) is 3.29. The Hall–Kier alpha value is -2.87. The second kappa shape index (κ2) is 8.01. The molecular formula is C18H16BrN3O4. The van der Waals surface area contributed by atoms with Crippen LogP contribution >= 0.6 is 15.9 Å². The minimum absolute atomic E-state index is 0.113. The second-order valence-corrected chi connectivity index (χ2v) is 6.24. The molecule has 0 radical (unpaired) electrons. The average molecular weight is 418 g/mol. The first-order valence-electron chi connectivity index (χ1n) is 7.94. The maximum absolute atomic E-state index is 11.9. The zero-order valence-corrected chi connectivity index (χ0v) is 15.5. The van der Waals surface area contributed by atoms with Gasteiger partial charge in [-0.3, -0.25) is 14.9 Å². The fourth-order valence-corrected chi connectivity index (χ4v) is 2.55. The van der Waals surface area contributed by atoms with Crippen LogP contribution in [0.4, 0.5) is 5.88 Å². The molecule has 2 N–H and O–H groups in total. The number of carbonyl (C=O) groups excluding carboxylic acids is 2. The van der Waals surface area contributed by atoms with Crippen molar-refractivity contribution in [3.8, 4) is 11.3 Å². The van der Waals surface area contributed by atoms with Gasteiger partial charge in [-0.15, -0.1) is 0 Å². The van der Waals surface area contributed by atoms with E-state index in [-0.39, 0.29) is 18.2 Å². The first-order chi connectivity index (χ1) is 12.5. The van der Waals surface area contributed by atoms with Gasteiger partial charge >= 0.3 is 0 Å². The van der Waals surface area contributed by atoms with Gasteiger partial charge in [0.25, 0.3) is 5.91 Å². The lowest BCUT2D eigenvalue weighted by Gasteiger charge is -2.02. The molecule has 8 heteroatoms. The van der Waals surface area contributed by atoms with Crippen molar-refractivity contribution in [1.29, 1.82) is 0 Å². The standard InChI is InChI=1S/C18H16BrN3O4/c1-2-11-3-5-12(6-4-11)13-9-17(26-22-13)21-16(23)10-20-18(24)14-7-8-15(19)25-14/h3-9H,2,10H2,1H3,(H,20,24)(H,21,23). The van der Waals surface area contributed by atoms with Crippen LogP contribution in [0.1, 0.15) is 23.0 Å². The number of hydrogen-bond donors (Lipinski definition) is 2. The maximum atomic E-state index is 11.9. The third-order valence-electron chi connectivity index (χ3n) is 3.64. The fraction of sp³-hybridized carbons (Fsp3) is 0.167. The summed E-state index contributed by atoms with van der Waals surface area (Å²) >= 11 is 3.11. The first-order valence-corrected chi connectivity index (χ1v) is 8.74. The smallest absolute Gasteiger partial charge is 0.287 e. The topological polar surface area (TPSA) is 97.4 Å². The molecule has 134 valence electrons. The van der Waals surface area contributed by atoms with Gasteiger partial charge in [-0.05, 0) is 40.0 Å². The molecule has 0 saturated heterocycles. The number of rotatable bonds is 6. The van der Waals surface area contributed by atoms with Gasteiger partial charge < -0.3 is 14.3 Å². The molecule has 0 aliphatic heterocycles. The van der Waals surface area contributed by atoms with E-state index in [1.807, 2.05) is 24.3 Å². The summed E-state index contributed by atoms with van der Waals surface area (Å²) in [4.78, 5) is 23.7. The molecule has 26 heavy (non-hydrogen) atoms. The summed E-state index contributed by atoms with van der Waals surface area (Å²) in [7, 11) is 0. The molecule has 0 atom stereocenters. The Bertz CT molecular complexity index is 915. The summed E-state index contributed by atoms with van der Waals surface area (Å²) in [6.07, 6.45) is 0.959. The number of nitrogens with zero attached hydrogens (tertiary/aromatic N) is 1. The van der Waals surface area contributed by atoms with Gasteiger partial charge in [-0.1, -0.05) is 36.3 Å². The number of hydrogen-bond acceptors (Lipinski definition) is 5. The molecule has 0 aliphatic carbocycles. The Balaban J connectivity index is 1.54. The quantitative estimate of drug-likeness (QED) is 0.637. The number of aryl methyl sites for hydroxylation is 1. The zero-order valence-electron chi connectivity index (χ0n) is 13.9. The van der Waals surface area contributed by atoms with E-state index in [0.29, 0.717) is 10.4 Å². The van der Waals surface area contributed by atoms with Gasteiger partial charge in [0.1, 0.15) is 5.69 Å². The predicted molar refractivity (Wildman–Crippen MR) is 98.7 cm³/mol. The molecule has 3 rings (SSSR count). The summed E-state index contributed by atoms with van der Waals surface area (Å²) in [5.74, 6) is -0.602. The van der Waals surface area contributed by atoms with Crippen LogP contribution in [-0.4, -0.2) is 23.5 Å². The van der Waals surface area contributed by atoms with Gasteiger partial charge in [0.2, 0.25) is 11.8 Å². The Morgan fingerprint density at radius 1 is 1.15 bits per heavy atom. The summed E-state index contributed by atoms with van der Waals surface area (Å²) in [5.41, 5.74) is 2.74. The lowest BCUT2D eigenvalue weighted by Crippen LogP contribution is -2.32. The lowest BCUT2D eigenvalue weighted by atomic mass is 10.1. The van der Waals surface area contributed by atoms with E-state index < -0.39 is 11.8 Å². The molecule has 2 amide bonds. The molecule has 2 heterocycles. The van der Waals surface area contributed by atoms with Gasteiger partial charge in [0.05, 0.1) is 6.54 Å². The van der Waals surface area contributed by atoms with Crippen molar-refractivity contribution in [2.45, 2.75) is 13.3 Å². The van der Waals surface area contributed by atoms with Crippen LogP contribution in [0.15, 0.2) is 56.1 Å². The molecule has 1 aromatic carbocycles. The highest BCUT2D eigenvalue weighted by molar-refractivity contribution is 9.10. The number of nitrogens with one attached hydrogen (secondary N) is 2. The molecule has 0 fully saturated rings. The minimum atomic E-state index is -0.486. The summed E-state index contributed by atoms with van der Waals surface area (Å²) < 4.78 is 10.7. The normalized spacial score (nSPS) is 10.5. The van der Waals surface area contributed by atoms with E-state index in [0.717, 1.165) is 12.0 Å². The van der Waals surface area contributed by atoms with Crippen molar-refractivity contribution in [1.82, 2.24) is 10.5 Å². The van der Waals surface area contributed by atoms with Crippen LogP contribution in [0.3, 0.4) is 0 Å². The fourth-order valence-electron chi connectivity index (χ4n) is 2.25. The van der Waals surface area contributed by atoms with Gasteiger partial charge in [0.15, 0.2) is 10.4 Å². The van der Waals surface area contributed by atoms with Crippen LogP contribution < -0.4 is 10.6 Å². The zero-order chi connectivity index (χ0) is 18.5. The molecular weight excluding hydrogens is 402 g/mol. The Morgan fingerprint density at radius 3 is 2.58 bits per heavy atom. The van der Waals surface area contributed by atoms with E-state index in [1.54, 1.807) is 12.1 Å². The van der Waals surface area contributed by atoms with Crippen molar-refractivity contribution in [2.75, 3.05) is 11.9 Å². The van der Waals surface area contributed by atoms with E-state index >= 15 is 0 Å². The van der Waals surface area contributed by atoms with Gasteiger partial charge in [0, 0.05) is 11.6 Å². The van der Waals surface area contributed by atoms with Crippen LogP contribution in [0.2, 0.25) is 0 Å². The summed E-state index contributed by atoms with van der Waals surface area (Å²) in [5, 5.41) is 8.94. The number of anilines is 1. The van der Waals surface area contributed by atoms with Crippen molar-refractivity contribution in [3.05, 3.63) is 58.5 Å². The second-order valence-electron chi connectivity index (χ2n) is 5.46. The van der Waals surface area contributed by atoms with E-state index in [9.17, 15) is 9.59 Å². The number of amides is 2. The lowest BCUT2D eigenvalue weighted by molar-refractivity contribution is -0.115. The Labute approximate surface area is 157 Å². The van der Waals surface area contributed by atoms with Crippen LogP contribution in [0, 0.1) is 0 Å². The highest BCUT2D eigenvalue weighted by Crippen LogP contribution is 2.22. The highest BCUT2D eigenvalue weighted by atomic mass is 79.9. The number of benzene rings is 1.